The summed E-state index contributed by atoms with van der Waals surface area (Å²) in [6.07, 6.45) is 2.12. The van der Waals surface area contributed by atoms with E-state index in [1.807, 2.05) is 6.07 Å². The van der Waals surface area contributed by atoms with E-state index in [9.17, 15) is 9.65 Å². The summed E-state index contributed by atoms with van der Waals surface area (Å²) in [4.78, 5) is 2.18. The second-order valence-electron chi connectivity index (χ2n) is 7.95. The minimum absolute atomic E-state index is 0.165. The molecule has 5 rings (SSSR count). The Morgan fingerprint density at radius 1 is 1.29 bits per heavy atom. The average Bonchev–Trinajstić information content (AvgIpc) is 3.23. The van der Waals surface area contributed by atoms with Gasteiger partial charge in [-0.25, -0.2) is 8.91 Å². The third-order valence-corrected chi connectivity index (χ3v) is 5.90. The number of aromatic nitrogens is 4. The Kier molecular flexibility index (Phi) is 3.71. The summed E-state index contributed by atoms with van der Waals surface area (Å²) >= 11 is 0. The molecule has 1 N–H and O–H groups in total. The second kappa shape index (κ2) is 6.04. The summed E-state index contributed by atoms with van der Waals surface area (Å²) in [6.45, 7) is 7.87. The predicted molar refractivity (Wildman–Crippen MR) is 103 cm³/mol. The van der Waals surface area contributed by atoms with Crippen LogP contribution in [0.5, 0.6) is 0 Å². The summed E-state index contributed by atoms with van der Waals surface area (Å²) in [6, 6.07) is 6.40. The Morgan fingerprint density at radius 2 is 2.11 bits per heavy atom. The molecule has 0 spiro atoms. The van der Waals surface area contributed by atoms with Gasteiger partial charge >= 0.3 is 0 Å². The van der Waals surface area contributed by atoms with Crippen molar-refractivity contribution >= 4 is 11.2 Å². The highest BCUT2D eigenvalue weighted by Gasteiger charge is 2.34. The Labute approximate surface area is 162 Å². The molecule has 2 unspecified atom stereocenters. The molecule has 3 aromatic rings. The molecular formula is C20H22FN7. The van der Waals surface area contributed by atoms with Crippen molar-refractivity contribution in [3.63, 3.8) is 0 Å². The van der Waals surface area contributed by atoms with Gasteiger partial charge in [0, 0.05) is 24.2 Å². The number of pyridine rings is 1. The van der Waals surface area contributed by atoms with Crippen LogP contribution < -0.4 is 10.2 Å². The van der Waals surface area contributed by atoms with Crippen LogP contribution in [0.15, 0.2) is 18.3 Å². The van der Waals surface area contributed by atoms with E-state index in [1.54, 1.807) is 6.07 Å². The van der Waals surface area contributed by atoms with Crippen molar-refractivity contribution < 1.29 is 4.39 Å². The van der Waals surface area contributed by atoms with Gasteiger partial charge in [-0.3, -0.25) is 4.68 Å². The lowest BCUT2D eigenvalue weighted by atomic mass is 9.95. The molecule has 0 saturated heterocycles. The lowest BCUT2D eigenvalue weighted by Gasteiger charge is -2.35. The van der Waals surface area contributed by atoms with Crippen LogP contribution in [0, 0.1) is 17.1 Å². The minimum atomic E-state index is -0.410. The summed E-state index contributed by atoms with van der Waals surface area (Å²) in [5.74, 6) is -0.410. The zero-order valence-corrected chi connectivity index (χ0v) is 16.1. The summed E-state index contributed by atoms with van der Waals surface area (Å²) < 4.78 is 18.1. The topological polar surface area (TPSA) is 74.2 Å². The van der Waals surface area contributed by atoms with Crippen LogP contribution in [-0.2, 0) is 13.0 Å². The molecule has 3 aromatic heterocycles. The standard InChI is InChI=1S/C20H22FN7/c1-11-6-15-18-10-26(9-12(2)27(18)25-19(15)13(3)24-11)17-5-4-14(7-22)28-20(17)16(21)8-23-28/h4-5,8,11-13,24H,6,9-10H2,1-3H3/t11?,12-,13?/m1/s1. The fourth-order valence-electron chi connectivity index (χ4n) is 4.71. The maximum Gasteiger partial charge on any atom is 0.171 e. The van der Waals surface area contributed by atoms with Gasteiger partial charge in [0.15, 0.2) is 5.82 Å². The van der Waals surface area contributed by atoms with Crippen molar-refractivity contribution in [2.24, 2.45) is 0 Å². The van der Waals surface area contributed by atoms with Crippen LogP contribution in [0.4, 0.5) is 10.1 Å². The first-order valence-corrected chi connectivity index (χ1v) is 9.65. The van der Waals surface area contributed by atoms with Crippen molar-refractivity contribution in [2.75, 3.05) is 11.4 Å². The number of nitrogens with one attached hydrogen (secondary N) is 1. The fraction of sp³-hybridized carbons (Fsp3) is 0.450. The number of nitriles is 1. The molecule has 0 radical (unpaired) electrons. The summed E-state index contributed by atoms with van der Waals surface area (Å²) in [7, 11) is 0. The van der Waals surface area contributed by atoms with E-state index >= 15 is 0 Å². The Bertz CT molecular complexity index is 1120. The van der Waals surface area contributed by atoms with Crippen LogP contribution >= 0.6 is 0 Å². The molecule has 28 heavy (non-hydrogen) atoms. The van der Waals surface area contributed by atoms with Gasteiger partial charge in [-0.05, 0) is 39.3 Å². The SMILES string of the molecule is CC1Cc2c(nn3c2CN(c2ccc(C#N)n4ncc(F)c24)C[C@H]3C)C(C)N1. The molecular weight excluding hydrogens is 357 g/mol. The number of fused-ring (bicyclic) bond motifs is 4. The average molecular weight is 379 g/mol. The van der Waals surface area contributed by atoms with E-state index in [0.29, 0.717) is 23.8 Å². The number of hydrogen-bond donors (Lipinski definition) is 1. The lowest BCUT2D eigenvalue weighted by Crippen LogP contribution is -2.38. The molecule has 2 aliphatic rings. The van der Waals surface area contributed by atoms with Gasteiger partial charge in [-0.2, -0.15) is 15.5 Å². The van der Waals surface area contributed by atoms with Crippen molar-refractivity contribution in [1.29, 1.82) is 5.26 Å². The van der Waals surface area contributed by atoms with Crippen molar-refractivity contribution in [2.45, 2.75) is 51.9 Å². The molecule has 2 aliphatic heterocycles. The molecule has 7 nitrogen and oxygen atoms in total. The second-order valence-corrected chi connectivity index (χ2v) is 7.95. The van der Waals surface area contributed by atoms with Crippen LogP contribution in [0.1, 0.15) is 55.5 Å². The van der Waals surface area contributed by atoms with Crippen LogP contribution in [0.2, 0.25) is 0 Å². The van der Waals surface area contributed by atoms with Crippen LogP contribution in [-0.4, -0.2) is 32.0 Å². The summed E-state index contributed by atoms with van der Waals surface area (Å²) in [5.41, 5.74) is 5.09. The molecule has 144 valence electrons. The first kappa shape index (κ1) is 17.2. The number of nitrogens with zero attached hydrogens (tertiary/aromatic N) is 6. The van der Waals surface area contributed by atoms with Gasteiger partial charge in [-0.1, -0.05) is 0 Å². The predicted octanol–water partition coefficient (Wildman–Crippen LogP) is 2.72. The van der Waals surface area contributed by atoms with E-state index < -0.39 is 5.82 Å². The normalized spacial score (nSPS) is 24.1. The molecule has 0 bridgehead atoms. The lowest BCUT2D eigenvalue weighted by molar-refractivity contribution is 0.417. The molecule has 0 amide bonds. The molecule has 0 saturated carbocycles. The maximum atomic E-state index is 14.5. The number of rotatable bonds is 1. The van der Waals surface area contributed by atoms with Gasteiger partial charge in [-0.15, -0.1) is 0 Å². The van der Waals surface area contributed by atoms with Crippen molar-refractivity contribution in [3.05, 3.63) is 46.8 Å². The molecule has 0 aliphatic carbocycles. The monoisotopic (exact) mass is 379 g/mol. The van der Waals surface area contributed by atoms with Gasteiger partial charge < -0.3 is 10.2 Å². The van der Waals surface area contributed by atoms with Gasteiger partial charge in [0.1, 0.15) is 17.3 Å². The highest BCUT2D eigenvalue weighted by molar-refractivity contribution is 5.75. The van der Waals surface area contributed by atoms with E-state index in [1.165, 1.54) is 22.0 Å². The fourth-order valence-corrected chi connectivity index (χ4v) is 4.71. The van der Waals surface area contributed by atoms with Crippen molar-refractivity contribution in [1.82, 2.24) is 24.7 Å². The molecule has 5 heterocycles. The Morgan fingerprint density at radius 3 is 2.89 bits per heavy atom. The van der Waals surface area contributed by atoms with Crippen molar-refractivity contribution in [3.8, 4) is 6.07 Å². The zero-order valence-electron chi connectivity index (χ0n) is 16.1. The van der Waals surface area contributed by atoms with E-state index in [4.69, 9.17) is 5.10 Å². The van der Waals surface area contributed by atoms with Crippen LogP contribution in [0.25, 0.3) is 5.52 Å². The number of hydrogen-bond acceptors (Lipinski definition) is 5. The van der Waals surface area contributed by atoms with Gasteiger partial charge in [0.25, 0.3) is 0 Å². The quantitative estimate of drug-likeness (QED) is 0.704. The van der Waals surface area contributed by atoms with E-state index in [2.05, 4.69) is 46.8 Å². The highest BCUT2D eigenvalue weighted by Crippen LogP contribution is 2.36. The molecule has 8 heteroatoms. The molecule has 0 aromatic carbocycles. The van der Waals surface area contributed by atoms with Gasteiger partial charge in [0.05, 0.1) is 35.9 Å². The van der Waals surface area contributed by atoms with Gasteiger partial charge in [0.2, 0.25) is 0 Å². The van der Waals surface area contributed by atoms with Crippen LogP contribution in [0.3, 0.4) is 0 Å². The smallest absolute Gasteiger partial charge is 0.171 e. The van der Waals surface area contributed by atoms with E-state index in [0.717, 1.165) is 24.3 Å². The first-order chi connectivity index (χ1) is 13.5. The Hall–Kier alpha value is -2.92. The third-order valence-electron chi connectivity index (χ3n) is 5.90. The summed E-state index contributed by atoms with van der Waals surface area (Å²) in [5, 5.41) is 21.8. The Balaban J connectivity index is 1.62. The number of halogens is 1. The molecule has 0 fully saturated rings. The minimum Gasteiger partial charge on any atom is -0.362 e. The zero-order chi connectivity index (χ0) is 19.6. The molecule has 3 atom stereocenters. The largest absolute Gasteiger partial charge is 0.362 e. The maximum absolute atomic E-state index is 14.5. The highest BCUT2D eigenvalue weighted by atomic mass is 19.1. The third kappa shape index (κ3) is 2.36. The number of anilines is 1. The van der Waals surface area contributed by atoms with E-state index in [-0.39, 0.29) is 12.1 Å². The first-order valence-electron chi connectivity index (χ1n) is 9.65.